The summed E-state index contributed by atoms with van der Waals surface area (Å²) >= 11 is 3.41. The molecule has 0 aliphatic rings. The highest BCUT2D eigenvalue weighted by Crippen LogP contribution is 2.26. The largest absolute Gasteiger partial charge is 0.496 e. The lowest BCUT2D eigenvalue weighted by atomic mass is 10.1. The van der Waals surface area contributed by atoms with Crippen molar-refractivity contribution in [1.29, 1.82) is 0 Å². The maximum Gasteiger partial charge on any atom is 0.182 e. The number of anilines is 1. The van der Waals surface area contributed by atoms with Crippen LogP contribution in [0.25, 0.3) is 0 Å². The molecule has 0 bridgehead atoms. The summed E-state index contributed by atoms with van der Waals surface area (Å²) in [6, 6.07) is 13.4. The predicted molar refractivity (Wildman–Crippen MR) is 89.5 cm³/mol. The smallest absolute Gasteiger partial charge is 0.182 e. The van der Waals surface area contributed by atoms with Gasteiger partial charge >= 0.3 is 0 Å². The van der Waals surface area contributed by atoms with Gasteiger partial charge in [0.05, 0.1) is 18.1 Å². The van der Waals surface area contributed by atoms with Crippen LogP contribution in [0.4, 0.5) is 5.69 Å². The Labute approximate surface area is 133 Å². The Hall–Kier alpha value is -1.81. The van der Waals surface area contributed by atoms with Crippen molar-refractivity contribution in [3.8, 4) is 5.75 Å². The van der Waals surface area contributed by atoms with E-state index in [9.17, 15) is 4.79 Å². The fourth-order valence-corrected chi connectivity index (χ4v) is 2.76. The van der Waals surface area contributed by atoms with Crippen LogP contribution >= 0.6 is 15.9 Å². The Morgan fingerprint density at radius 2 is 1.95 bits per heavy atom. The number of halogens is 1. The number of para-hydroxylation sites is 1. The number of carbonyl (C=O) groups is 1. The van der Waals surface area contributed by atoms with Gasteiger partial charge in [-0.25, -0.2) is 0 Å². The Bertz CT molecular complexity index is 655. The molecule has 0 saturated carbocycles. The molecule has 110 valence electrons. The van der Waals surface area contributed by atoms with Gasteiger partial charge in [-0.1, -0.05) is 18.2 Å². The van der Waals surface area contributed by atoms with Crippen LogP contribution in [0.15, 0.2) is 46.9 Å². The van der Waals surface area contributed by atoms with E-state index in [1.807, 2.05) is 43.1 Å². The van der Waals surface area contributed by atoms with Crippen molar-refractivity contribution in [1.82, 2.24) is 0 Å². The van der Waals surface area contributed by atoms with Gasteiger partial charge in [0.25, 0.3) is 0 Å². The zero-order chi connectivity index (χ0) is 15.4. The van der Waals surface area contributed by atoms with E-state index in [0.29, 0.717) is 12.1 Å². The van der Waals surface area contributed by atoms with Crippen molar-refractivity contribution in [2.75, 3.05) is 25.6 Å². The van der Waals surface area contributed by atoms with Crippen LogP contribution in [0.3, 0.4) is 0 Å². The number of benzene rings is 2. The number of ether oxygens (including phenoxy) is 1. The van der Waals surface area contributed by atoms with Crippen molar-refractivity contribution in [2.24, 2.45) is 0 Å². The van der Waals surface area contributed by atoms with Crippen LogP contribution < -0.4 is 9.64 Å². The van der Waals surface area contributed by atoms with Gasteiger partial charge in [0.2, 0.25) is 0 Å². The number of likely N-dealkylation sites (N-methyl/N-ethyl adjacent to an activating group) is 1. The third-order valence-corrected chi connectivity index (χ3v) is 4.00. The summed E-state index contributed by atoms with van der Waals surface area (Å²) in [5.41, 5.74) is 2.89. The summed E-state index contributed by atoms with van der Waals surface area (Å²) in [6.45, 7) is 2.38. The maximum atomic E-state index is 12.4. The molecule has 21 heavy (non-hydrogen) atoms. The quantitative estimate of drug-likeness (QED) is 0.763. The van der Waals surface area contributed by atoms with Crippen LogP contribution in [0.2, 0.25) is 0 Å². The number of aryl methyl sites for hydroxylation is 1. The Morgan fingerprint density at radius 3 is 2.57 bits per heavy atom. The van der Waals surface area contributed by atoms with Gasteiger partial charge in [0.15, 0.2) is 5.78 Å². The molecule has 0 aliphatic carbocycles. The van der Waals surface area contributed by atoms with Gasteiger partial charge in [-0.3, -0.25) is 4.79 Å². The second kappa shape index (κ2) is 6.76. The van der Waals surface area contributed by atoms with Gasteiger partial charge in [0, 0.05) is 18.3 Å². The maximum absolute atomic E-state index is 12.4. The minimum Gasteiger partial charge on any atom is -0.496 e. The predicted octanol–water partition coefficient (Wildman–Crippen LogP) is 4.09. The molecular formula is C17H18BrNO2. The first-order valence-electron chi connectivity index (χ1n) is 6.66. The molecule has 2 rings (SSSR count). The first kappa shape index (κ1) is 15.6. The number of hydrogen-bond acceptors (Lipinski definition) is 3. The van der Waals surface area contributed by atoms with Crippen molar-refractivity contribution in [2.45, 2.75) is 6.92 Å². The topological polar surface area (TPSA) is 29.5 Å². The van der Waals surface area contributed by atoms with E-state index in [4.69, 9.17) is 4.74 Å². The minimum absolute atomic E-state index is 0.0732. The van der Waals surface area contributed by atoms with Gasteiger partial charge in [0.1, 0.15) is 5.75 Å². The molecule has 4 heteroatoms. The monoisotopic (exact) mass is 347 g/mol. The third kappa shape index (κ3) is 3.64. The van der Waals surface area contributed by atoms with E-state index in [2.05, 4.69) is 15.9 Å². The molecule has 0 fully saturated rings. The molecule has 0 amide bonds. The fourth-order valence-electron chi connectivity index (χ4n) is 2.22. The number of nitrogens with zero attached hydrogens (tertiary/aromatic N) is 1. The molecule has 2 aromatic rings. The molecule has 0 unspecified atom stereocenters. The number of carbonyl (C=O) groups excluding carboxylic acids is 1. The van der Waals surface area contributed by atoms with Crippen molar-refractivity contribution < 1.29 is 9.53 Å². The van der Waals surface area contributed by atoms with Crippen molar-refractivity contribution >= 4 is 27.4 Å². The first-order chi connectivity index (χ1) is 10.0. The average Bonchev–Trinajstić information content (AvgIpc) is 2.47. The second-order valence-corrected chi connectivity index (χ2v) is 5.77. The molecule has 0 aromatic heterocycles. The summed E-state index contributed by atoms with van der Waals surface area (Å²) in [6.07, 6.45) is 0. The van der Waals surface area contributed by atoms with E-state index >= 15 is 0 Å². The standard InChI is InChI=1S/C17H18BrNO2/c1-12-6-4-5-7-15(12)19(2)11-16(20)13-8-9-17(21-3)14(18)10-13/h4-10H,11H2,1-3H3. The summed E-state index contributed by atoms with van der Waals surface area (Å²) in [5, 5.41) is 0. The third-order valence-electron chi connectivity index (χ3n) is 3.38. The molecule has 3 nitrogen and oxygen atoms in total. The lowest BCUT2D eigenvalue weighted by Gasteiger charge is -2.20. The van der Waals surface area contributed by atoms with E-state index in [1.165, 1.54) is 0 Å². The Balaban J connectivity index is 2.14. The number of Topliss-reactive ketones (excluding diaryl/α,β-unsaturated/α-hetero) is 1. The minimum atomic E-state index is 0.0732. The van der Waals surface area contributed by atoms with E-state index in [-0.39, 0.29) is 5.78 Å². The van der Waals surface area contributed by atoms with E-state index in [0.717, 1.165) is 21.5 Å². The normalized spacial score (nSPS) is 10.3. The van der Waals surface area contributed by atoms with Gasteiger partial charge < -0.3 is 9.64 Å². The highest BCUT2D eigenvalue weighted by atomic mass is 79.9. The lowest BCUT2D eigenvalue weighted by molar-refractivity contribution is 0.100. The highest BCUT2D eigenvalue weighted by molar-refractivity contribution is 9.10. The molecule has 0 radical (unpaired) electrons. The zero-order valence-corrected chi connectivity index (χ0v) is 14.0. The Kier molecular flexibility index (Phi) is 5.02. The van der Waals surface area contributed by atoms with Crippen molar-refractivity contribution in [3.05, 3.63) is 58.1 Å². The number of methoxy groups -OCH3 is 1. The van der Waals surface area contributed by atoms with Crippen LogP contribution in [0, 0.1) is 6.92 Å². The molecule has 0 aliphatic heterocycles. The molecule has 2 aromatic carbocycles. The molecular weight excluding hydrogens is 330 g/mol. The van der Waals surface area contributed by atoms with E-state index in [1.54, 1.807) is 25.3 Å². The highest BCUT2D eigenvalue weighted by Gasteiger charge is 2.13. The van der Waals surface area contributed by atoms with Crippen molar-refractivity contribution in [3.63, 3.8) is 0 Å². The van der Waals surface area contributed by atoms with Crippen LogP contribution in [0.1, 0.15) is 15.9 Å². The summed E-state index contributed by atoms with van der Waals surface area (Å²) in [7, 11) is 3.53. The van der Waals surface area contributed by atoms with Gasteiger partial charge in [-0.15, -0.1) is 0 Å². The number of ketones is 1. The van der Waals surface area contributed by atoms with Gasteiger partial charge in [-0.2, -0.15) is 0 Å². The zero-order valence-electron chi connectivity index (χ0n) is 12.4. The molecule has 0 spiro atoms. The Morgan fingerprint density at radius 1 is 1.24 bits per heavy atom. The first-order valence-corrected chi connectivity index (χ1v) is 7.45. The average molecular weight is 348 g/mol. The second-order valence-electron chi connectivity index (χ2n) is 4.92. The molecule has 0 atom stereocenters. The summed E-state index contributed by atoms with van der Waals surface area (Å²) in [4.78, 5) is 14.4. The summed E-state index contributed by atoms with van der Waals surface area (Å²) in [5.74, 6) is 0.794. The molecule has 0 saturated heterocycles. The van der Waals surface area contributed by atoms with Crippen LogP contribution in [0.5, 0.6) is 5.75 Å². The van der Waals surface area contributed by atoms with Gasteiger partial charge in [-0.05, 0) is 52.7 Å². The molecule has 0 heterocycles. The van der Waals surface area contributed by atoms with Crippen LogP contribution in [-0.4, -0.2) is 26.5 Å². The number of rotatable bonds is 5. The fraction of sp³-hybridized carbons (Fsp3) is 0.235. The lowest BCUT2D eigenvalue weighted by Crippen LogP contribution is -2.26. The van der Waals surface area contributed by atoms with Crippen LogP contribution in [-0.2, 0) is 0 Å². The number of hydrogen-bond donors (Lipinski definition) is 0. The summed E-state index contributed by atoms with van der Waals surface area (Å²) < 4.78 is 5.96. The van der Waals surface area contributed by atoms with E-state index < -0.39 is 0 Å². The molecule has 0 N–H and O–H groups in total. The SMILES string of the molecule is COc1ccc(C(=O)CN(C)c2ccccc2C)cc1Br.